The SMILES string of the molecule is O=C(CN1CCCNCC1)Nc1c(Cl)ccc2nsnc12. The van der Waals surface area contributed by atoms with Crippen molar-refractivity contribution >= 4 is 46.0 Å². The van der Waals surface area contributed by atoms with Crippen molar-refractivity contribution in [2.24, 2.45) is 0 Å². The van der Waals surface area contributed by atoms with Crippen LogP contribution in [-0.2, 0) is 4.79 Å². The van der Waals surface area contributed by atoms with Crippen molar-refractivity contribution in [3.63, 3.8) is 0 Å². The van der Waals surface area contributed by atoms with Gasteiger partial charge in [-0.1, -0.05) is 11.6 Å². The molecule has 1 aliphatic rings. The number of hydrogen-bond donors (Lipinski definition) is 2. The van der Waals surface area contributed by atoms with Crippen LogP contribution < -0.4 is 10.6 Å². The molecule has 8 heteroatoms. The van der Waals surface area contributed by atoms with Gasteiger partial charge in [-0.25, -0.2) is 0 Å². The number of halogens is 1. The number of hydrogen-bond acceptors (Lipinski definition) is 6. The van der Waals surface area contributed by atoms with Crippen molar-refractivity contribution in [1.82, 2.24) is 19.0 Å². The molecule has 1 saturated heterocycles. The molecule has 1 aromatic carbocycles. The molecule has 0 aliphatic carbocycles. The second kappa shape index (κ2) is 6.65. The zero-order valence-corrected chi connectivity index (χ0v) is 13.0. The first-order chi connectivity index (χ1) is 10.2. The van der Waals surface area contributed by atoms with E-state index in [1.807, 2.05) is 0 Å². The number of carbonyl (C=O) groups excluding carboxylic acids is 1. The highest BCUT2D eigenvalue weighted by molar-refractivity contribution is 7.00. The van der Waals surface area contributed by atoms with E-state index in [9.17, 15) is 4.79 Å². The number of benzene rings is 1. The Morgan fingerprint density at radius 1 is 1.38 bits per heavy atom. The molecule has 0 atom stereocenters. The maximum Gasteiger partial charge on any atom is 0.238 e. The summed E-state index contributed by atoms with van der Waals surface area (Å²) in [6.45, 7) is 4.10. The van der Waals surface area contributed by atoms with Crippen molar-refractivity contribution in [2.45, 2.75) is 6.42 Å². The average molecular weight is 326 g/mol. The second-order valence-electron chi connectivity index (χ2n) is 4.98. The summed E-state index contributed by atoms with van der Waals surface area (Å²) in [4.78, 5) is 14.4. The number of anilines is 1. The summed E-state index contributed by atoms with van der Waals surface area (Å²) in [5.41, 5.74) is 1.96. The zero-order chi connectivity index (χ0) is 14.7. The van der Waals surface area contributed by atoms with Gasteiger partial charge in [-0.15, -0.1) is 0 Å². The van der Waals surface area contributed by atoms with Gasteiger partial charge >= 0.3 is 0 Å². The van der Waals surface area contributed by atoms with Crippen molar-refractivity contribution in [2.75, 3.05) is 38.0 Å². The van der Waals surface area contributed by atoms with Crippen LogP contribution in [0.5, 0.6) is 0 Å². The molecular formula is C13H16ClN5OS. The van der Waals surface area contributed by atoms with Crippen molar-refractivity contribution in [3.8, 4) is 0 Å². The Morgan fingerprint density at radius 2 is 2.29 bits per heavy atom. The minimum Gasteiger partial charge on any atom is -0.322 e. The number of aromatic nitrogens is 2. The third-order valence-corrected chi connectivity index (χ3v) is 4.30. The summed E-state index contributed by atoms with van der Waals surface area (Å²) in [6, 6.07) is 3.54. The monoisotopic (exact) mass is 325 g/mol. The molecule has 0 radical (unpaired) electrons. The van der Waals surface area contributed by atoms with E-state index in [1.54, 1.807) is 12.1 Å². The lowest BCUT2D eigenvalue weighted by Crippen LogP contribution is -2.35. The topological polar surface area (TPSA) is 70.2 Å². The van der Waals surface area contributed by atoms with Gasteiger partial charge in [0.1, 0.15) is 11.0 Å². The first-order valence-electron chi connectivity index (χ1n) is 6.88. The molecular weight excluding hydrogens is 310 g/mol. The molecule has 6 nitrogen and oxygen atoms in total. The highest BCUT2D eigenvalue weighted by Crippen LogP contribution is 2.29. The summed E-state index contributed by atoms with van der Waals surface area (Å²) in [7, 11) is 0. The van der Waals surface area contributed by atoms with Crippen LogP contribution in [0.4, 0.5) is 5.69 Å². The van der Waals surface area contributed by atoms with E-state index in [2.05, 4.69) is 24.3 Å². The molecule has 1 fully saturated rings. The molecule has 1 aliphatic heterocycles. The Balaban J connectivity index is 1.71. The molecule has 0 bridgehead atoms. The number of rotatable bonds is 3. The van der Waals surface area contributed by atoms with Crippen molar-refractivity contribution in [1.29, 1.82) is 0 Å². The molecule has 0 saturated carbocycles. The predicted molar refractivity (Wildman–Crippen MR) is 85.0 cm³/mol. The fraction of sp³-hybridized carbons (Fsp3) is 0.462. The van der Waals surface area contributed by atoms with E-state index in [4.69, 9.17) is 11.6 Å². The number of fused-ring (bicyclic) bond motifs is 1. The molecule has 2 aromatic rings. The minimum atomic E-state index is -0.0701. The normalized spacial score (nSPS) is 16.8. The van der Waals surface area contributed by atoms with Gasteiger partial charge in [-0.05, 0) is 31.6 Å². The number of nitrogens with one attached hydrogen (secondary N) is 2. The quantitative estimate of drug-likeness (QED) is 0.896. The summed E-state index contributed by atoms with van der Waals surface area (Å²) in [6.07, 6.45) is 1.06. The maximum absolute atomic E-state index is 12.2. The largest absolute Gasteiger partial charge is 0.322 e. The van der Waals surface area contributed by atoms with Gasteiger partial charge in [0, 0.05) is 13.1 Å². The average Bonchev–Trinajstić information content (AvgIpc) is 2.80. The van der Waals surface area contributed by atoms with Crippen LogP contribution in [0.25, 0.3) is 11.0 Å². The molecule has 2 heterocycles. The van der Waals surface area contributed by atoms with E-state index < -0.39 is 0 Å². The van der Waals surface area contributed by atoms with Crippen LogP contribution in [0.15, 0.2) is 12.1 Å². The Labute approximate surface area is 131 Å². The molecule has 0 spiro atoms. The first-order valence-corrected chi connectivity index (χ1v) is 7.98. The number of nitrogens with zero attached hydrogens (tertiary/aromatic N) is 3. The van der Waals surface area contributed by atoms with Gasteiger partial charge in [0.15, 0.2) is 0 Å². The Bertz CT molecular complexity index is 639. The fourth-order valence-electron chi connectivity index (χ4n) is 2.39. The maximum atomic E-state index is 12.2. The van der Waals surface area contributed by atoms with Crippen molar-refractivity contribution < 1.29 is 4.79 Å². The van der Waals surface area contributed by atoms with Gasteiger partial charge in [-0.3, -0.25) is 9.69 Å². The molecule has 1 aromatic heterocycles. The van der Waals surface area contributed by atoms with E-state index in [0.29, 0.717) is 22.8 Å². The highest BCUT2D eigenvalue weighted by Gasteiger charge is 2.16. The Kier molecular flexibility index (Phi) is 4.64. The highest BCUT2D eigenvalue weighted by atomic mass is 35.5. The van der Waals surface area contributed by atoms with Gasteiger partial charge in [-0.2, -0.15) is 8.75 Å². The lowest BCUT2D eigenvalue weighted by Gasteiger charge is -2.18. The summed E-state index contributed by atoms with van der Waals surface area (Å²) in [5, 5.41) is 6.68. The van der Waals surface area contributed by atoms with Gasteiger partial charge in [0.25, 0.3) is 0 Å². The van der Waals surface area contributed by atoms with E-state index in [0.717, 1.165) is 49.8 Å². The van der Waals surface area contributed by atoms with Crippen molar-refractivity contribution in [3.05, 3.63) is 17.2 Å². The third-order valence-electron chi connectivity index (χ3n) is 3.44. The lowest BCUT2D eigenvalue weighted by atomic mass is 10.2. The molecule has 1 amide bonds. The van der Waals surface area contributed by atoms with Crippen LogP contribution >= 0.6 is 23.3 Å². The van der Waals surface area contributed by atoms with Crippen LogP contribution in [0.1, 0.15) is 6.42 Å². The minimum absolute atomic E-state index is 0.0701. The smallest absolute Gasteiger partial charge is 0.238 e. The second-order valence-corrected chi connectivity index (χ2v) is 5.92. The summed E-state index contributed by atoms with van der Waals surface area (Å²) < 4.78 is 8.36. The molecule has 112 valence electrons. The van der Waals surface area contributed by atoms with E-state index in [-0.39, 0.29) is 5.91 Å². The van der Waals surface area contributed by atoms with E-state index in [1.165, 1.54) is 0 Å². The first kappa shape index (κ1) is 14.6. The van der Waals surface area contributed by atoms with Gasteiger partial charge < -0.3 is 10.6 Å². The molecule has 3 rings (SSSR count). The lowest BCUT2D eigenvalue weighted by molar-refractivity contribution is -0.117. The van der Waals surface area contributed by atoms with Crippen LogP contribution in [-0.4, -0.2) is 52.3 Å². The summed E-state index contributed by atoms with van der Waals surface area (Å²) in [5.74, 6) is -0.0701. The molecule has 2 N–H and O–H groups in total. The Hall–Kier alpha value is -1.28. The summed E-state index contributed by atoms with van der Waals surface area (Å²) >= 11 is 7.28. The molecule has 0 unspecified atom stereocenters. The number of carbonyl (C=O) groups is 1. The van der Waals surface area contributed by atoms with E-state index >= 15 is 0 Å². The predicted octanol–water partition coefficient (Wildman–Crippen LogP) is 1.58. The standard InChI is InChI=1S/C13H16ClN5OS/c14-9-2-3-10-13(18-21-17-10)12(9)16-11(20)8-19-6-1-4-15-5-7-19/h2-3,15H,1,4-8H2,(H,16,20). The molecule has 21 heavy (non-hydrogen) atoms. The van der Waals surface area contributed by atoms with Gasteiger partial charge in [0.05, 0.1) is 29.0 Å². The fourth-order valence-corrected chi connectivity index (χ4v) is 3.13. The number of amides is 1. The van der Waals surface area contributed by atoms with Gasteiger partial charge in [0.2, 0.25) is 5.91 Å². The van der Waals surface area contributed by atoms with Crippen LogP contribution in [0.3, 0.4) is 0 Å². The van der Waals surface area contributed by atoms with Crippen LogP contribution in [0.2, 0.25) is 5.02 Å². The van der Waals surface area contributed by atoms with Crippen LogP contribution in [0, 0.1) is 0 Å². The zero-order valence-electron chi connectivity index (χ0n) is 11.4. The Morgan fingerprint density at radius 3 is 3.19 bits per heavy atom. The third kappa shape index (κ3) is 3.49.